The molecular weight excluding hydrogens is 244 g/mol. The summed E-state index contributed by atoms with van der Waals surface area (Å²) in [6.07, 6.45) is 0. The molecule has 2 rings (SSSR count). The van der Waals surface area contributed by atoms with E-state index in [0.29, 0.717) is 13.1 Å². The zero-order valence-electron chi connectivity index (χ0n) is 11.6. The van der Waals surface area contributed by atoms with Crippen LogP contribution in [0.5, 0.6) is 5.75 Å². The van der Waals surface area contributed by atoms with Crippen molar-refractivity contribution in [3.05, 3.63) is 29.3 Å². The second-order valence-electron chi connectivity index (χ2n) is 4.84. The Morgan fingerprint density at radius 3 is 2.84 bits per heavy atom. The van der Waals surface area contributed by atoms with Crippen LogP contribution in [0.25, 0.3) is 0 Å². The molecule has 0 aromatic heterocycles. The molecule has 1 aliphatic heterocycles. The summed E-state index contributed by atoms with van der Waals surface area (Å²) in [7, 11) is 3.40. The van der Waals surface area contributed by atoms with Crippen molar-refractivity contribution in [3.8, 4) is 5.75 Å². The maximum Gasteiger partial charge on any atom is 0.320 e. The summed E-state index contributed by atoms with van der Waals surface area (Å²) in [5.41, 5.74) is 2.12. The highest BCUT2D eigenvalue weighted by Gasteiger charge is 2.36. The lowest BCUT2D eigenvalue weighted by Crippen LogP contribution is -2.33. The van der Waals surface area contributed by atoms with Gasteiger partial charge in [0, 0.05) is 25.7 Å². The Bertz CT molecular complexity index is 476. The molecule has 0 aliphatic carbocycles. The van der Waals surface area contributed by atoms with Crippen molar-refractivity contribution < 1.29 is 14.6 Å². The average molecular weight is 264 g/mol. The number of ether oxygens (including phenoxy) is 1. The number of carbonyl (C=O) groups is 1. The van der Waals surface area contributed by atoms with Crippen molar-refractivity contribution in [2.45, 2.75) is 13.0 Å². The Kier molecular flexibility index (Phi) is 3.95. The number of hydrogen-bond donors (Lipinski definition) is 1. The van der Waals surface area contributed by atoms with Gasteiger partial charge in [-0.15, -0.1) is 0 Å². The van der Waals surface area contributed by atoms with E-state index in [4.69, 9.17) is 9.84 Å². The minimum absolute atomic E-state index is 0.0375. The average Bonchev–Trinajstić information content (AvgIpc) is 2.67. The van der Waals surface area contributed by atoms with E-state index in [1.165, 1.54) is 0 Å². The van der Waals surface area contributed by atoms with Crippen molar-refractivity contribution in [2.24, 2.45) is 0 Å². The Labute approximate surface area is 113 Å². The van der Waals surface area contributed by atoms with E-state index < -0.39 is 0 Å². The molecule has 1 aromatic rings. The molecule has 0 radical (unpaired) electrons. The van der Waals surface area contributed by atoms with Gasteiger partial charge < -0.3 is 19.6 Å². The first-order valence-electron chi connectivity index (χ1n) is 6.35. The van der Waals surface area contributed by atoms with Gasteiger partial charge >= 0.3 is 6.03 Å². The van der Waals surface area contributed by atoms with Gasteiger partial charge in [-0.05, 0) is 13.0 Å². The van der Waals surface area contributed by atoms with E-state index in [1.54, 1.807) is 24.0 Å². The smallest absolute Gasteiger partial charge is 0.320 e. The molecule has 1 aliphatic rings. The molecule has 5 heteroatoms. The summed E-state index contributed by atoms with van der Waals surface area (Å²) in [5.74, 6) is 0.779. The maximum absolute atomic E-state index is 12.1. The lowest BCUT2D eigenvalue weighted by atomic mass is 10.0. The Balaban J connectivity index is 2.39. The number of urea groups is 1. The standard InChI is InChI=1S/C14H20N2O3/c1-10-4-5-13(19-3)11(8-10)12-9-15(2)14(18)16(12)6-7-17/h4-5,8,12,17H,6-7,9H2,1-3H3. The first-order chi connectivity index (χ1) is 9.08. The number of methoxy groups -OCH3 is 1. The van der Waals surface area contributed by atoms with E-state index in [2.05, 4.69) is 0 Å². The Morgan fingerprint density at radius 2 is 2.21 bits per heavy atom. The lowest BCUT2D eigenvalue weighted by molar-refractivity contribution is 0.171. The number of carbonyl (C=O) groups excluding carboxylic acids is 1. The van der Waals surface area contributed by atoms with E-state index in [0.717, 1.165) is 16.9 Å². The van der Waals surface area contributed by atoms with Crippen LogP contribution >= 0.6 is 0 Å². The highest BCUT2D eigenvalue weighted by atomic mass is 16.5. The summed E-state index contributed by atoms with van der Waals surface area (Å²) < 4.78 is 5.39. The van der Waals surface area contributed by atoms with Gasteiger partial charge in [0.25, 0.3) is 0 Å². The van der Waals surface area contributed by atoms with Crippen LogP contribution in [0.3, 0.4) is 0 Å². The first-order valence-corrected chi connectivity index (χ1v) is 6.35. The predicted octanol–water partition coefficient (Wildman–Crippen LogP) is 1.40. The highest BCUT2D eigenvalue weighted by Crippen LogP contribution is 2.34. The molecule has 2 amide bonds. The highest BCUT2D eigenvalue weighted by molar-refractivity contribution is 5.77. The SMILES string of the molecule is COc1ccc(C)cc1C1CN(C)C(=O)N1CCO. The third-order valence-electron chi connectivity index (χ3n) is 3.48. The van der Waals surface area contributed by atoms with Gasteiger partial charge in [-0.3, -0.25) is 0 Å². The number of aliphatic hydroxyl groups is 1. The van der Waals surface area contributed by atoms with Gasteiger partial charge in [-0.1, -0.05) is 17.7 Å². The van der Waals surface area contributed by atoms with Gasteiger partial charge in [0.05, 0.1) is 19.8 Å². The molecule has 19 heavy (non-hydrogen) atoms. The Hall–Kier alpha value is -1.75. The number of β-amino-alcohol motifs (C(OH)–C–C–N with tert-alkyl or cyclic N) is 1. The fourth-order valence-corrected chi connectivity index (χ4v) is 2.53. The molecule has 1 atom stereocenters. The van der Waals surface area contributed by atoms with Crippen molar-refractivity contribution in [1.82, 2.24) is 9.80 Å². The van der Waals surface area contributed by atoms with Crippen molar-refractivity contribution in [3.63, 3.8) is 0 Å². The quantitative estimate of drug-likeness (QED) is 0.894. The molecule has 1 unspecified atom stereocenters. The summed E-state index contributed by atoms with van der Waals surface area (Å²) in [4.78, 5) is 15.4. The fraction of sp³-hybridized carbons (Fsp3) is 0.500. The second-order valence-corrected chi connectivity index (χ2v) is 4.84. The molecule has 0 saturated carbocycles. The second kappa shape index (κ2) is 5.48. The van der Waals surface area contributed by atoms with Crippen LogP contribution in [0.2, 0.25) is 0 Å². The summed E-state index contributed by atoms with van der Waals surface area (Å²) in [5, 5.41) is 9.13. The molecule has 104 valence electrons. The molecular formula is C14H20N2O3. The van der Waals surface area contributed by atoms with Gasteiger partial charge in [0.1, 0.15) is 5.75 Å². The monoisotopic (exact) mass is 264 g/mol. The summed E-state index contributed by atoms with van der Waals surface area (Å²) >= 11 is 0. The molecule has 1 heterocycles. The van der Waals surface area contributed by atoms with Crippen LogP contribution in [0, 0.1) is 6.92 Å². The molecule has 1 aromatic carbocycles. The number of hydrogen-bond acceptors (Lipinski definition) is 3. The summed E-state index contributed by atoms with van der Waals surface area (Å²) in [6.45, 7) is 2.92. The fourth-order valence-electron chi connectivity index (χ4n) is 2.53. The first kappa shape index (κ1) is 13.7. The number of benzene rings is 1. The molecule has 0 bridgehead atoms. The van der Waals surface area contributed by atoms with Crippen LogP contribution in [-0.2, 0) is 0 Å². The Morgan fingerprint density at radius 1 is 1.47 bits per heavy atom. The molecule has 1 N–H and O–H groups in total. The van der Waals surface area contributed by atoms with E-state index in [9.17, 15) is 4.79 Å². The van der Waals surface area contributed by atoms with Crippen molar-refractivity contribution >= 4 is 6.03 Å². The van der Waals surface area contributed by atoms with Crippen molar-refractivity contribution in [1.29, 1.82) is 0 Å². The van der Waals surface area contributed by atoms with Gasteiger partial charge in [-0.2, -0.15) is 0 Å². The topological polar surface area (TPSA) is 53.0 Å². The van der Waals surface area contributed by atoms with Gasteiger partial charge in [0.2, 0.25) is 0 Å². The van der Waals surface area contributed by atoms with Crippen LogP contribution in [-0.4, -0.2) is 54.8 Å². The third-order valence-corrected chi connectivity index (χ3v) is 3.48. The van der Waals surface area contributed by atoms with E-state index in [-0.39, 0.29) is 18.7 Å². The minimum Gasteiger partial charge on any atom is -0.496 e. The largest absolute Gasteiger partial charge is 0.496 e. The number of likely N-dealkylation sites (N-methyl/N-ethyl adjacent to an activating group) is 1. The van der Waals surface area contributed by atoms with Crippen LogP contribution in [0.1, 0.15) is 17.2 Å². The minimum atomic E-state index is -0.0699. The number of amides is 2. The van der Waals surface area contributed by atoms with Crippen LogP contribution < -0.4 is 4.74 Å². The van der Waals surface area contributed by atoms with Gasteiger partial charge in [0.15, 0.2) is 0 Å². The lowest BCUT2D eigenvalue weighted by Gasteiger charge is -2.24. The molecule has 1 saturated heterocycles. The number of aliphatic hydroxyl groups excluding tert-OH is 1. The summed E-state index contributed by atoms with van der Waals surface area (Å²) in [6, 6.07) is 5.83. The number of nitrogens with zero attached hydrogens (tertiary/aromatic N) is 2. The molecule has 1 fully saturated rings. The molecule has 0 spiro atoms. The van der Waals surface area contributed by atoms with Crippen LogP contribution in [0.4, 0.5) is 4.79 Å². The van der Waals surface area contributed by atoms with Crippen molar-refractivity contribution in [2.75, 3.05) is 33.9 Å². The third kappa shape index (κ3) is 2.51. The molecule has 5 nitrogen and oxygen atoms in total. The van der Waals surface area contributed by atoms with Crippen LogP contribution in [0.15, 0.2) is 18.2 Å². The van der Waals surface area contributed by atoms with E-state index in [1.807, 2.05) is 25.1 Å². The number of rotatable bonds is 4. The van der Waals surface area contributed by atoms with E-state index >= 15 is 0 Å². The number of aryl methyl sites for hydroxylation is 1. The zero-order chi connectivity index (χ0) is 14.0. The predicted molar refractivity (Wildman–Crippen MR) is 72.3 cm³/mol. The normalized spacial score (nSPS) is 19.2. The van der Waals surface area contributed by atoms with Gasteiger partial charge in [-0.25, -0.2) is 4.79 Å². The maximum atomic E-state index is 12.1. The zero-order valence-corrected chi connectivity index (χ0v) is 11.6.